The van der Waals surface area contributed by atoms with E-state index in [-0.39, 0.29) is 23.4 Å². The molecule has 1 aliphatic carbocycles. The lowest BCUT2D eigenvalue weighted by molar-refractivity contribution is -0.140. The summed E-state index contributed by atoms with van der Waals surface area (Å²) in [6.45, 7) is 5.52. The van der Waals surface area contributed by atoms with Crippen molar-refractivity contribution >= 4 is 27.5 Å². The van der Waals surface area contributed by atoms with E-state index in [1.165, 1.54) is 18.6 Å². The molecule has 0 aliphatic heterocycles. The fraction of sp³-hybridized carbons (Fsp3) is 0.394. The number of aryl methyl sites for hydroxylation is 2. The summed E-state index contributed by atoms with van der Waals surface area (Å²) < 4.78 is 29.0. The van der Waals surface area contributed by atoms with Crippen LogP contribution in [0, 0.1) is 13.8 Å². The van der Waals surface area contributed by atoms with E-state index in [2.05, 4.69) is 5.32 Å². The standard InChI is InChI=1S/C33H41N3O4S/c1-4-31(33(38)34-28-17-7-5-8-18-28)35(23-27-16-12-11-15-26(27)3)32(37)24-36(29-19-13-14-25(2)22-29)41(39,40)30-20-9-6-10-21-30/h6,9-16,19-22,28,31H,4-5,7-8,17-18,23-24H2,1-3H3,(H,34,38)/t31-/m1/s1. The molecular formula is C33H41N3O4S. The highest BCUT2D eigenvalue weighted by molar-refractivity contribution is 7.92. The van der Waals surface area contributed by atoms with Gasteiger partial charge in [-0.15, -0.1) is 0 Å². The van der Waals surface area contributed by atoms with Crippen molar-refractivity contribution in [3.8, 4) is 0 Å². The van der Waals surface area contributed by atoms with Gasteiger partial charge in [-0.1, -0.05) is 80.8 Å². The molecule has 0 spiro atoms. The molecule has 1 N–H and O–H groups in total. The molecule has 1 saturated carbocycles. The number of nitrogens with zero attached hydrogens (tertiary/aromatic N) is 2. The van der Waals surface area contributed by atoms with Gasteiger partial charge in [0.05, 0.1) is 10.6 Å². The summed E-state index contributed by atoms with van der Waals surface area (Å²) in [7, 11) is -4.07. The summed E-state index contributed by atoms with van der Waals surface area (Å²) >= 11 is 0. The molecule has 8 heteroatoms. The van der Waals surface area contributed by atoms with Gasteiger partial charge in [0.25, 0.3) is 10.0 Å². The fourth-order valence-electron chi connectivity index (χ4n) is 5.47. The number of rotatable bonds is 11. The molecule has 0 unspecified atom stereocenters. The Kier molecular flexibility index (Phi) is 10.2. The molecule has 2 amide bonds. The fourth-order valence-corrected chi connectivity index (χ4v) is 6.89. The number of benzene rings is 3. The van der Waals surface area contributed by atoms with E-state index in [1.807, 2.05) is 51.1 Å². The zero-order valence-corrected chi connectivity index (χ0v) is 25.1. The van der Waals surface area contributed by atoms with Crippen molar-refractivity contribution in [1.29, 1.82) is 0 Å². The maximum Gasteiger partial charge on any atom is 0.264 e. The third-order valence-corrected chi connectivity index (χ3v) is 9.63. The Bertz CT molecular complexity index is 1440. The second-order valence-corrected chi connectivity index (χ2v) is 12.7. The summed E-state index contributed by atoms with van der Waals surface area (Å²) in [5.41, 5.74) is 3.19. The third-order valence-electron chi connectivity index (χ3n) is 7.84. The van der Waals surface area contributed by atoms with Crippen LogP contribution in [0.5, 0.6) is 0 Å². The minimum atomic E-state index is -4.07. The normalized spacial score (nSPS) is 14.7. The number of carbonyl (C=O) groups excluding carboxylic acids is 2. The van der Waals surface area contributed by atoms with E-state index >= 15 is 0 Å². The summed E-state index contributed by atoms with van der Waals surface area (Å²) in [4.78, 5) is 29.5. The molecule has 0 bridgehead atoms. The van der Waals surface area contributed by atoms with E-state index in [0.717, 1.165) is 46.7 Å². The lowest BCUT2D eigenvalue weighted by Crippen LogP contribution is -2.54. The van der Waals surface area contributed by atoms with Crippen LogP contribution in [0.15, 0.2) is 83.8 Å². The summed E-state index contributed by atoms with van der Waals surface area (Å²) in [6, 6.07) is 22.4. The second-order valence-electron chi connectivity index (χ2n) is 10.9. The Morgan fingerprint density at radius 3 is 2.24 bits per heavy atom. The first kappa shape index (κ1) is 30.3. The molecule has 41 heavy (non-hydrogen) atoms. The van der Waals surface area contributed by atoms with Crippen LogP contribution in [-0.4, -0.2) is 43.8 Å². The summed E-state index contributed by atoms with van der Waals surface area (Å²) in [6.07, 6.45) is 5.61. The SMILES string of the molecule is CC[C@H](C(=O)NC1CCCCC1)N(Cc1ccccc1C)C(=O)CN(c1cccc(C)c1)S(=O)(=O)c1ccccc1. The van der Waals surface area contributed by atoms with E-state index < -0.39 is 28.5 Å². The van der Waals surface area contributed by atoms with E-state index in [9.17, 15) is 18.0 Å². The highest BCUT2D eigenvalue weighted by atomic mass is 32.2. The van der Waals surface area contributed by atoms with Crippen LogP contribution >= 0.6 is 0 Å². The largest absolute Gasteiger partial charge is 0.352 e. The summed E-state index contributed by atoms with van der Waals surface area (Å²) in [5, 5.41) is 3.19. The van der Waals surface area contributed by atoms with Crippen molar-refractivity contribution in [3.63, 3.8) is 0 Å². The second kappa shape index (κ2) is 13.8. The molecule has 218 valence electrons. The van der Waals surface area contributed by atoms with Crippen LogP contribution < -0.4 is 9.62 Å². The van der Waals surface area contributed by atoms with E-state index in [1.54, 1.807) is 41.3 Å². The quantitative estimate of drug-likeness (QED) is 0.315. The molecule has 1 fully saturated rings. The first-order valence-corrected chi connectivity index (χ1v) is 15.9. The Hall–Kier alpha value is -3.65. The Balaban J connectivity index is 1.71. The number of amides is 2. The van der Waals surface area contributed by atoms with Crippen LogP contribution in [-0.2, 0) is 26.2 Å². The van der Waals surface area contributed by atoms with Crippen molar-refractivity contribution in [2.24, 2.45) is 0 Å². The van der Waals surface area contributed by atoms with Crippen molar-refractivity contribution in [1.82, 2.24) is 10.2 Å². The van der Waals surface area contributed by atoms with Crippen molar-refractivity contribution in [2.45, 2.75) is 82.8 Å². The van der Waals surface area contributed by atoms with Crippen LogP contribution in [0.2, 0.25) is 0 Å². The molecule has 0 radical (unpaired) electrons. The van der Waals surface area contributed by atoms with Crippen LogP contribution in [0.4, 0.5) is 5.69 Å². The molecular weight excluding hydrogens is 534 g/mol. The van der Waals surface area contributed by atoms with Gasteiger partial charge in [0, 0.05) is 12.6 Å². The molecule has 1 aliphatic rings. The van der Waals surface area contributed by atoms with Gasteiger partial charge in [-0.2, -0.15) is 0 Å². The first-order chi connectivity index (χ1) is 19.7. The number of hydrogen-bond acceptors (Lipinski definition) is 4. The lowest BCUT2D eigenvalue weighted by atomic mass is 9.95. The average Bonchev–Trinajstić information content (AvgIpc) is 2.97. The van der Waals surface area contributed by atoms with E-state index in [0.29, 0.717) is 12.1 Å². The zero-order chi connectivity index (χ0) is 29.4. The van der Waals surface area contributed by atoms with Crippen molar-refractivity contribution in [2.75, 3.05) is 10.8 Å². The molecule has 1 atom stereocenters. The highest BCUT2D eigenvalue weighted by Gasteiger charge is 2.34. The summed E-state index contributed by atoms with van der Waals surface area (Å²) in [5.74, 6) is -0.616. The lowest BCUT2D eigenvalue weighted by Gasteiger charge is -2.34. The average molecular weight is 576 g/mol. The van der Waals surface area contributed by atoms with Crippen LogP contribution in [0.1, 0.15) is 62.1 Å². The Labute approximate surface area is 244 Å². The van der Waals surface area contributed by atoms with Crippen LogP contribution in [0.3, 0.4) is 0 Å². The number of nitrogens with one attached hydrogen (secondary N) is 1. The molecule has 0 saturated heterocycles. The first-order valence-electron chi connectivity index (χ1n) is 14.5. The molecule has 7 nitrogen and oxygen atoms in total. The van der Waals surface area contributed by atoms with Gasteiger partial charge < -0.3 is 10.2 Å². The topological polar surface area (TPSA) is 86.8 Å². The predicted molar refractivity (Wildman–Crippen MR) is 163 cm³/mol. The number of carbonyl (C=O) groups is 2. The van der Waals surface area contributed by atoms with Crippen LogP contribution in [0.25, 0.3) is 0 Å². The monoisotopic (exact) mass is 575 g/mol. The smallest absolute Gasteiger partial charge is 0.264 e. The maximum atomic E-state index is 14.2. The number of sulfonamides is 1. The van der Waals surface area contributed by atoms with Crippen molar-refractivity contribution in [3.05, 3.63) is 95.6 Å². The van der Waals surface area contributed by atoms with Gasteiger partial charge >= 0.3 is 0 Å². The Morgan fingerprint density at radius 2 is 1.59 bits per heavy atom. The van der Waals surface area contributed by atoms with Gasteiger partial charge in [-0.25, -0.2) is 8.42 Å². The minimum absolute atomic E-state index is 0.0989. The minimum Gasteiger partial charge on any atom is -0.352 e. The molecule has 0 aromatic heterocycles. The van der Waals surface area contributed by atoms with Gasteiger partial charge in [0.1, 0.15) is 12.6 Å². The van der Waals surface area contributed by atoms with Gasteiger partial charge in [0.15, 0.2) is 0 Å². The van der Waals surface area contributed by atoms with Crippen molar-refractivity contribution < 1.29 is 18.0 Å². The van der Waals surface area contributed by atoms with Gasteiger partial charge in [-0.3, -0.25) is 13.9 Å². The number of anilines is 1. The molecule has 4 rings (SSSR count). The van der Waals surface area contributed by atoms with Gasteiger partial charge in [-0.05, 0) is 74.1 Å². The Morgan fingerprint density at radius 1 is 0.902 bits per heavy atom. The molecule has 3 aromatic carbocycles. The zero-order valence-electron chi connectivity index (χ0n) is 24.3. The highest BCUT2D eigenvalue weighted by Crippen LogP contribution is 2.26. The number of hydrogen-bond donors (Lipinski definition) is 1. The predicted octanol–water partition coefficient (Wildman–Crippen LogP) is 5.76. The molecule has 3 aromatic rings. The maximum absolute atomic E-state index is 14.2. The third kappa shape index (κ3) is 7.55. The van der Waals surface area contributed by atoms with E-state index in [4.69, 9.17) is 0 Å². The van der Waals surface area contributed by atoms with Gasteiger partial charge in [0.2, 0.25) is 11.8 Å². The molecule has 0 heterocycles.